The maximum absolute atomic E-state index is 10.9. The number of hydrogen-bond donors (Lipinski definition) is 2. The molecule has 0 radical (unpaired) electrons. The molecule has 2 N–H and O–H groups in total. The highest BCUT2D eigenvalue weighted by Crippen LogP contribution is 2.28. The van der Waals surface area contributed by atoms with Gasteiger partial charge in [-0.05, 0) is 18.2 Å². The normalized spacial score (nSPS) is 11.8. The molecule has 1 rings (SSSR count). The number of carbonyl (C=O) groups is 1. The highest BCUT2D eigenvalue weighted by atomic mass is 16.5. The van der Waals surface area contributed by atoms with E-state index in [9.17, 15) is 9.90 Å². The molecule has 0 spiro atoms. The van der Waals surface area contributed by atoms with E-state index >= 15 is 0 Å². The van der Waals surface area contributed by atoms with Crippen LogP contribution in [0.25, 0.3) is 0 Å². The van der Waals surface area contributed by atoms with Crippen molar-refractivity contribution in [2.24, 2.45) is 0 Å². The highest BCUT2D eigenvalue weighted by Gasteiger charge is 2.14. The summed E-state index contributed by atoms with van der Waals surface area (Å²) in [7, 11) is 4.39. The number of nitrogens with one attached hydrogen (secondary N) is 1. The van der Waals surface area contributed by atoms with E-state index in [0.29, 0.717) is 17.1 Å². The quantitative estimate of drug-likeness (QED) is 0.702. The van der Waals surface area contributed by atoms with Crippen molar-refractivity contribution in [1.29, 1.82) is 0 Å². The standard InChI is InChI=1S/C13H19NO5/c1-17-9-4-5-12(18-2)10(6-9)11(15)7-14-8-13(16)19-3/h4-6,11,14-15H,7-8H2,1-3H3. The molecular weight excluding hydrogens is 250 g/mol. The molecule has 19 heavy (non-hydrogen) atoms. The average molecular weight is 269 g/mol. The van der Waals surface area contributed by atoms with Gasteiger partial charge in [0.25, 0.3) is 0 Å². The second-order valence-corrected chi connectivity index (χ2v) is 3.83. The molecule has 0 amide bonds. The van der Waals surface area contributed by atoms with Gasteiger partial charge in [-0.1, -0.05) is 0 Å². The number of methoxy groups -OCH3 is 3. The third kappa shape index (κ3) is 4.42. The fourth-order valence-corrected chi connectivity index (χ4v) is 1.59. The van der Waals surface area contributed by atoms with Crippen molar-refractivity contribution in [1.82, 2.24) is 5.32 Å². The Bertz CT molecular complexity index is 421. The van der Waals surface area contributed by atoms with Gasteiger partial charge in [-0.2, -0.15) is 0 Å². The molecule has 0 saturated heterocycles. The third-order valence-corrected chi connectivity index (χ3v) is 2.63. The Morgan fingerprint density at radius 2 is 2.05 bits per heavy atom. The first kappa shape index (κ1) is 15.3. The van der Waals surface area contributed by atoms with E-state index in [0.717, 1.165) is 0 Å². The Balaban J connectivity index is 2.69. The number of hydrogen-bond acceptors (Lipinski definition) is 6. The van der Waals surface area contributed by atoms with Crippen LogP contribution in [0.3, 0.4) is 0 Å². The van der Waals surface area contributed by atoms with Crippen molar-refractivity contribution in [2.75, 3.05) is 34.4 Å². The number of benzene rings is 1. The largest absolute Gasteiger partial charge is 0.497 e. The SMILES string of the molecule is COC(=O)CNCC(O)c1cc(OC)ccc1OC. The van der Waals surface area contributed by atoms with Crippen LogP contribution < -0.4 is 14.8 Å². The molecule has 0 aliphatic carbocycles. The maximum atomic E-state index is 10.9. The highest BCUT2D eigenvalue weighted by molar-refractivity contribution is 5.71. The molecule has 106 valence electrons. The third-order valence-electron chi connectivity index (χ3n) is 2.63. The lowest BCUT2D eigenvalue weighted by Crippen LogP contribution is -2.28. The van der Waals surface area contributed by atoms with Crippen molar-refractivity contribution in [3.05, 3.63) is 23.8 Å². The zero-order valence-corrected chi connectivity index (χ0v) is 11.3. The molecule has 6 nitrogen and oxygen atoms in total. The van der Waals surface area contributed by atoms with E-state index in [4.69, 9.17) is 9.47 Å². The molecular formula is C13H19NO5. The van der Waals surface area contributed by atoms with E-state index in [1.807, 2.05) is 0 Å². The lowest BCUT2D eigenvalue weighted by Gasteiger charge is -2.16. The minimum atomic E-state index is -0.810. The fourth-order valence-electron chi connectivity index (χ4n) is 1.59. The van der Waals surface area contributed by atoms with Crippen LogP contribution in [0.15, 0.2) is 18.2 Å². The smallest absolute Gasteiger partial charge is 0.319 e. The first-order chi connectivity index (χ1) is 9.12. The molecule has 0 fully saturated rings. The van der Waals surface area contributed by atoms with E-state index in [1.165, 1.54) is 14.2 Å². The van der Waals surface area contributed by atoms with Crippen LogP contribution in [-0.4, -0.2) is 45.5 Å². The molecule has 0 aromatic heterocycles. The Kier molecular flexibility index (Phi) is 6.11. The topological polar surface area (TPSA) is 77.0 Å². The number of ether oxygens (including phenoxy) is 3. The van der Waals surface area contributed by atoms with Crippen LogP contribution in [0.1, 0.15) is 11.7 Å². The van der Waals surface area contributed by atoms with Gasteiger partial charge in [-0.15, -0.1) is 0 Å². The molecule has 0 saturated carbocycles. The molecule has 0 bridgehead atoms. The van der Waals surface area contributed by atoms with Crippen molar-refractivity contribution in [3.63, 3.8) is 0 Å². The molecule has 0 aliphatic rings. The van der Waals surface area contributed by atoms with E-state index < -0.39 is 6.10 Å². The predicted octanol–water partition coefficient (Wildman–Crippen LogP) is 0.500. The minimum absolute atomic E-state index is 0.0415. The summed E-state index contributed by atoms with van der Waals surface area (Å²) in [6.07, 6.45) is -0.810. The zero-order valence-electron chi connectivity index (χ0n) is 11.3. The predicted molar refractivity (Wildman–Crippen MR) is 69.4 cm³/mol. The summed E-state index contributed by atoms with van der Waals surface area (Å²) in [6, 6.07) is 5.16. The molecule has 1 atom stereocenters. The fraction of sp³-hybridized carbons (Fsp3) is 0.462. The number of rotatable bonds is 7. The first-order valence-electron chi connectivity index (χ1n) is 5.80. The Labute approximate surface area is 112 Å². The van der Waals surface area contributed by atoms with Crippen molar-refractivity contribution in [2.45, 2.75) is 6.10 Å². The monoisotopic (exact) mass is 269 g/mol. The summed E-state index contributed by atoms with van der Waals surface area (Å²) in [5.74, 6) is 0.806. The minimum Gasteiger partial charge on any atom is -0.497 e. The number of aliphatic hydroxyl groups is 1. The Morgan fingerprint density at radius 3 is 2.63 bits per heavy atom. The summed E-state index contributed by atoms with van der Waals surface area (Å²) in [5, 5.41) is 12.9. The van der Waals surface area contributed by atoms with Gasteiger partial charge in [0.2, 0.25) is 0 Å². The second kappa shape index (κ2) is 7.60. The molecule has 1 unspecified atom stereocenters. The Morgan fingerprint density at radius 1 is 1.32 bits per heavy atom. The lowest BCUT2D eigenvalue weighted by atomic mass is 10.1. The Hall–Kier alpha value is -1.79. The number of aliphatic hydroxyl groups excluding tert-OH is 1. The van der Waals surface area contributed by atoms with Gasteiger partial charge in [0, 0.05) is 12.1 Å². The second-order valence-electron chi connectivity index (χ2n) is 3.83. The maximum Gasteiger partial charge on any atom is 0.319 e. The van der Waals surface area contributed by atoms with Crippen LogP contribution >= 0.6 is 0 Å². The van der Waals surface area contributed by atoms with Gasteiger partial charge in [-0.3, -0.25) is 4.79 Å². The van der Waals surface area contributed by atoms with Crippen LogP contribution in [0, 0.1) is 0 Å². The van der Waals surface area contributed by atoms with Crippen LogP contribution in [-0.2, 0) is 9.53 Å². The van der Waals surface area contributed by atoms with Gasteiger partial charge in [0.1, 0.15) is 11.5 Å². The molecule has 1 aromatic carbocycles. The van der Waals surface area contributed by atoms with Crippen LogP contribution in [0.4, 0.5) is 0 Å². The molecule has 0 aliphatic heterocycles. The van der Waals surface area contributed by atoms with Gasteiger partial charge in [-0.25, -0.2) is 0 Å². The van der Waals surface area contributed by atoms with E-state index in [2.05, 4.69) is 10.1 Å². The molecule has 6 heteroatoms. The summed E-state index contributed by atoms with van der Waals surface area (Å²) < 4.78 is 14.8. The van der Waals surface area contributed by atoms with Crippen molar-refractivity contribution < 1.29 is 24.1 Å². The molecule has 0 heterocycles. The van der Waals surface area contributed by atoms with E-state index in [-0.39, 0.29) is 19.1 Å². The summed E-state index contributed by atoms with van der Waals surface area (Å²) in [5.41, 5.74) is 0.596. The number of carbonyl (C=O) groups excluding carboxylic acids is 1. The van der Waals surface area contributed by atoms with Gasteiger partial charge in [0.15, 0.2) is 0 Å². The number of esters is 1. The van der Waals surface area contributed by atoms with Gasteiger partial charge < -0.3 is 24.6 Å². The first-order valence-corrected chi connectivity index (χ1v) is 5.80. The van der Waals surface area contributed by atoms with Gasteiger partial charge >= 0.3 is 5.97 Å². The summed E-state index contributed by atoms with van der Waals surface area (Å²) in [6.45, 7) is 0.248. The van der Waals surface area contributed by atoms with Crippen LogP contribution in [0.5, 0.6) is 11.5 Å². The van der Waals surface area contributed by atoms with Gasteiger partial charge in [0.05, 0.1) is 34.0 Å². The average Bonchev–Trinajstić information content (AvgIpc) is 2.45. The zero-order chi connectivity index (χ0) is 14.3. The lowest BCUT2D eigenvalue weighted by molar-refractivity contribution is -0.139. The van der Waals surface area contributed by atoms with Crippen molar-refractivity contribution in [3.8, 4) is 11.5 Å². The molecule has 1 aromatic rings. The van der Waals surface area contributed by atoms with Crippen molar-refractivity contribution >= 4 is 5.97 Å². The summed E-state index contributed by atoms with van der Waals surface area (Å²) >= 11 is 0. The summed E-state index contributed by atoms with van der Waals surface area (Å²) in [4.78, 5) is 10.9. The van der Waals surface area contributed by atoms with Crippen LogP contribution in [0.2, 0.25) is 0 Å². The van der Waals surface area contributed by atoms with E-state index in [1.54, 1.807) is 25.3 Å².